The van der Waals surface area contributed by atoms with E-state index in [-0.39, 0.29) is 23.4 Å². The van der Waals surface area contributed by atoms with Crippen LogP contribution in [0.5, 0.6) is 5.75 Å². The van der Waals surface area contributed by atoms with E-state index in [4.69, 9.17) is 9.26 Å². The molecule has 3 aromatic carbocycles. The van der Waals surface area contributed by atoms with E-state index in [2.05, 4.69) is 15.5 Å². The van der Waals surface area contributed by atoms with Crippen LogP contribution < -0.4 is 10.1 Å². The third-order valence-electron chi connectivity index (χ3n) is 4.24. The highest BCUT2D eigenvalue weighted by molar-refractivity contribution is 6.05. The second-order valence-corrected chi connectivity index (χ2v) is 6.17. The zero-order valence-corrected chi connectivity index (χ0v) is 15.4. The van der Waals surface area contributed by atoms with Gasteiger partial charge in [-0.05, 0) is 42.5 Å². The lowest BCUT2D eigenvalue weighted by atomic mass is 10.1. The van der Waals surface area contributed by atoms with Crippen LogP contribution in [0, 0.1) is 5.82 Å². The van der Waals surface area contributed by atoms with Crippen LogP contribution in [0.4, 0.5) is 10.1 Å². The first-order valence-corrected chi connectivity index (χ1v) is 8.78. The SMILES string of the molecule is COc1ccccc1NC(=O)c1cccc(-c2nc(-c3cccc(F)c3)no2)c1. The van der Waals surface area contributed by atoms with Crippen LogP contribution in [0.2, 0.25) is 0 Å². The number of halogens is 1. The minimum absolute atomic E-state index is 0.233. The van der Waals surface area contributed by atoms with Crippen LogP contribution in [0.1, 0.15) is 10.4 Å². The van der Waals surface area contributed by atoms with Gasteiger partial charge in [-0.2, -0.15) is 4.98 Å². The number of para-hydroxylation sites is 2. The number of anilines is 1. The number of ether oxygens (including phenoxy) is 1. The van der Waals surface area contributed by atoms with Crippen molar-refractivity contribution < 1.29 is 18.4 Å². The summed E-state index contributed by atoms with van der Waals surface area (Å²) in [5, 5.41) is 6.72. The van der Waals surface area contributed by atoms with Gasteiger partial charge in [-0.25, -0.2) is 4.39 Å². The summed E-state index contributed by atoms with van der Waals surface area (Å²) >= 11 is 0. The number of hydrogen-bond donors (Lipinski definition) is 1. The van der Waals surface area contributed by atoms with Crippen LogP contribution >= 0.6 is 0 Å². The summed E-state index contributed by atoms with van der Waals surface area (Å²) in [5.74, 6) is 0.373. The van der Waals surface area contributed by atoms with E-state index in [0.717, 1.165) is 0 Å². The van der Waals surface area contributed by atoms with E-state index in [9.17, 15) is 9.18 Å². The third-order valence-corrected chi connectivity index (χ3v) is 4.24. The number of carbonyl (C=O) groups is 1. The Morgan fingerprint density at radius 3 is 2.62 bits per heavy atom. The molecule has 0 aliphatic rings. The zero-order chi connectivity index (χ0) is 20.2. The Hall–Kier alpha value is -4.00. The van der Waals surface area contributed by atoms with E-state index in [1.165, 1.54) is 19.2 Å². The van der Waals surface area contributed by atoms with Crippen LogP contribution in [-0.4, -0.2) is 23.2 Å². The summed E-state index contributed by atoms with van der Waals surface area (Å²) in [6.45, 7) is 0. The Morgan fingerprint density at radius 2 is 1.79 bits per heavy atom. The predicted octanol–water partition coefficient (Wildman–Crippen LogP) is 4.80. The molecule has 0 spiro atoms. The van der Waals surface area contributed by atoms with Gasteiger partial charge in [0.25, 0.3) is 11.8 Å². The summed E-state index contributed by atoms with van der Waals surface area (Å²) < 4.78 is 24.0. The second kappa shape index (κ2) is 7.93. The molecular weight excluding hydrogens is 373 g/mol. The molecular formula is C22H16FN3O3. The molecule has 0 aliphatic heterocycles. The fourth-order valence-corrected chi connectivity index (χ4v) is 2.82. The van der Waals surface area contributed by atoms with Gasteiger partial charge in [-0.1, -0.05) is 35.5 Å². The van der Waals surface area contributed by atoms with E-state index >= 15 is 0 Å². The number of benzene rings is 3. The standard InChI is InChI=1S/C22H16FN3O3/c1-28-19-11-3-2-10-18(19)24-21(27)15-7-4-8-16(12-15)22-25-20(26-29-22)14-6-5-9-17(23)13-14/h2-13H,1H3,(H,24,27). The van der Waals surface area contributed by atoms with Crippen LogP contribution in [0.15, 0.2) is 77.3 Å². The Balaban J connectivity index is 1.58. The first-order valence-electron chi connectivity index (χ1n) is 8.78. The molecule has 0 atom stereocenters. The number of aromatic nitrogens is 2. The average molecular weight is 389 g/mol. The number of amides is 1. The molecule has 0 fully saturated rings. The quantitative estimate of drug-likeness (QED) is 0.530. The maximum atomic E-state index is 13.4. The maximum Gasteiger partial charge on any atom is 0.258 e. The summed E-state index contributed by atoms with van der Waals surface area (Å²) in [7, 11) is 1.54. The monoisotopic (exact) mass is 389 g/mol. The molecule has 0 radical (unpaired) electrons. The molecule has 0 bridgehead atoms. The molecule has 4 aromatic rings. The topological polar surface area (TPSA) is 77.2 Å². The Morgan fingerprint density at radius 1 is 1.00 bits per heavy atom. The highest BCUT2D eigenvalue weighted by Gasteiger charge is 2.14. The molecule has 4 rings (SSSR count). The Bertz CT molecular complexity index is 1170. The molecule has 1 amide bonds. The van der Waals surface area contributed by atoms with Crippen molar-refractivity contribution in [1.29, 1.82) is 0 Å². The maximum absolute atomic E-state index is 13.4. The van der Waals surface area contributed by atoms with Gasteiger partial charge in [0.2, 0.25) is 5.82 Å². The summed E-state index contributed by atoms with van der Waals surface area (Å²) in [4.78, 5) is 17.0. The van der Waals surface area contributed by atoms with Gasteiger partial charge >= 0.3 is 0 Å². The third kappa shape index (κ3) is 3.98. The summed E-state index contributed by atoms with van der Waals surface area (Å²) in [5.41, 5.74) is 2.06. The molecule has 0 unspecified atom stereocenters. The van der Waals surface area contributed by atoms with Gasteiger partial charge in [0, 0.05) is 16.7 Å². The molecule has 29 heavy (non-hydrogen) atoms. The summed E-state index contributed by atoms with van der Waals surface area (Å²) in [6.07, 6.45) is 0. The largest absolute Gasteiger partial charge is 0.495 e. The normalized spacial score (nSPS) is 10.6. The van der Waals surface area contributed by atoms with Crippen molar-refractivity contribution in [2.45, 2.75) is 0 Å². The van der Waals surface area contributed by atoms with Crippen molar-refractivity contribution in [1.82, 2.24) is 10.1 Å². The van der Waals surface area contributed by atoms with Crippen LogP contribution in [0.3, 0.4) is 0 Å². The molecule has 1 N–H and O–H groups in total. The number of nitrogens with one attached hydrogen (secondary N) is 1. The fraction of sp³-hybridized carbons (Fsp3) is 0.0455. The van der Waals surface area contributed by atoms with Crippen molar-refractivity contribution in [3.05, 3.63) is 84.2 Å². The lowest BCUT2D eigenvalue weighted by Gasteiger charge is -2.10. The van der Waals surface area contributed by atoms with Crippen LogP contribution in [-0.2, 0) is 0 Å². The number of hydrogen-bond acceptors (Lipinski definition) is 5. The van der Waals surface area contributed by atoms with Gasteiger partial charge in [0.1, 0.15) is 11.6 Å². The molecule has 7 heteroatoms. The van der Waals surface area contributed by atoms with Gasteiger partial charge in [0.05, 0.1) is 12.8 Å². The first-order chi connectivity index (χ1) is 14.1. The molecule has 144 valence electrons. The van der Waals surface area contributed by atoms with Gasteiger partial charge in [-0.15, -0.1) is 0 Å². The van der Waals surface area contributed by atoms with Crippen molar-refractivity contribution in [3.8, 4) is 28.6 Å². The molecule has 6 nitrogen and oxygen atoms in total. The average Bonchev–Trinajstić information content (AvgIpc) is 3.25. The molecule has 1 heterocycles. The molecule has 0 saturated heterocycles. The van der Waals surface area contributed by atoms with Gasteiger partial charge in [-0.3, -0.25) is 4.79 Å². The minimum atomic E-state index is -0.385. The first kappa shape index (κ1) is 18.4. The molecule has 0 saturated carbocycles. The number of methoxy groups -OCH3 is 1. The van der Waals surface area contributed by atoms with Gasteiger partial charge in [0.15, 0.2) is 0 Å². The lowest BCUT2D eigenvalue weighted by molar-refractivity contribution is 0.102. The van der Waals surface area contributed by atoms with Crippen molar-refractivity contribution in [2.24, 2.45) is 0 Å². The predicted molar refractivity (Wildman–Crippen MR) is 106 cm³/mol. The molecule has 0 aliphatic carbocycles. The number of rotatable bonds is 5. The minimum Gasteiger partial charge on any atom is -0.495 e. The van der Waals surface area contributed by atoms with E-state index in [1.807, 2.05) is 6.07 Å². The van der Waals surface area contributed by atoms with Crippen LogP contribution in [0.25, 0.3) is 22.8 Å². The van der Waals surface area contributed by atoms with E-state index in [1.54, 1.807) is 54.6 Å². The number of carbonyl (C=O) groups excluding carboxylic acids is 1. The fourth-order valence-electron chi connectivity index (χ4n) is 2.82. The van der Waals surface area contributed by atoms with E-state index < -0.39 is 0 Å². The van der Waals surface area contributed by atoms with Gasteiger partial charge < -0.3 is 14.6 Å². The Labute approximate surface area is 166 Å². The highest BCUT2D eigenvalue weighted by Crippen LogP contribution is 2.26. The van der Waals surface area contributed by atoms with E-state index in [0.29, 0.717) is 28.1 Å². The lowest BCUT2D eigenvalue weighted by Crippen LogP contribution is -2.12. The van der Waals surface area contributed by atoms with Crippen molar-refractivity contribution in [2.75, 3.05) is 12.4 Å². The smallest absolute Gasteiger partial charge is 0.258 e. The number of nitrogens with zero attached hydrogens (tertiary/aromatic N) is 2. The zero-order valence-electron chi connectivity index (χ0n) is 15.4. The second-order valence-electron chi connectivity index (χ2n) is 6.17. The van der Waals surface area contributed by atoms with Crippen molar-refractivity contribution in [3.63, 3.8) is 0 Å². The van der Waals surface area contributed by atoms with Crippen molar-refractivity contribution >= 4 is 11.6 Å². The summed E-state index contributed by atoms with van der Waals surface area (Å²) in [6, 6.07) is 19.9. The highest BCUT2D eigenvalue weighted by atomic mass is 19.1. The molecule has 1 aromatic heterocycles. The Kier molecular flexibility index (Phi) is 5.03.